The molecule has 0 aromatic heterocycles. The second-order valence-corrected chi connectivity index (χ2v) is 15.6. The number of hydrogen-bond donors (Lipinski definition) is 8. The van der Waals surface area contributed by atoms with E-state index in [1.165, 1.54) is 73.7 Å². The molecule has 0 radical (unpaired) electrons. The highest BCUT2D eigenvalue weighted by atomic mass is 35.5. The summed E-state index contributed by atoms with van der Waals surface area (Å²) in [5, 5.41) is 15.7. The summed E-state index contributed by atoms with van der Waals surface area (Å²) < 4.78 is 55.9. The highest BCUT2D eigenvalue weighted by Crippen LogP contribution is 2.25. The summed E-state index contributed by atoms with van der Waals surface area (Å²) in [7, 11) is -8.89. The molecule has 0 saturated heterocycles. The lowest BCUT2D eigenvalue weighted by Crippen LogP contribution is -2.35. The van der Waals surface area contributed by atoms with Crippen LogP contribution < -0.4 is 41.3 Å². The summed E-state index contributed by atoms with van der Waals surface area (Å²) in [4.78, 5) is 49.8. The van der Waals surface area contributed by atoms with Gasteiger partial charge in [0.25, 0.3) is 20.0 Å². The Morgan fingerprint density at radius 1 is 0.436 bits per heavy atom. The van der Waals surface area contributed by atoms with E-state index in [4.69, 9.17) is 23.2 Å². The molecule has 0 saturated carbocycles. The molecule has 0 aliphatic carbocycles. The lowest BCUT2D eigenvalue weighted by atomic mass is 10.1. The van der Waals surface area contributed by atoms with Crippen molar-refractivity contribution in [2.45, 2.75) is 16.7 Å². The molecule has 0 heterocycles. The van der Waals surface area contributed by atoms with Crippen LogP contribution in [0.4, 0.5) is 53.3 Å². The van der Waals surface area contributed by atoms with Gasteiger partial charge in [0.2, 0.25) is 0 Å². The van der Waals surface area contributed by atoms with E-state index >= 15 is 0 Å². The van der Waals surface area contributed by atoms with Gasteiger partial charge in [0.15, 0.2) is 0 Å². The van der Waals surface area contributed by atoms with Crippen LogP contribution in [-0.2, 0) is 20.0 Å². The third kappa shape index (κ3) is 11.3. The van der Waals surface area contributed by atoms with Gasteiger partial charge in [0.05, 0.1) is 9.79 Å². The Labute approximate surface area is 325 Å². The van der Waals surface area contributed by atoms with Gasteiger partial charge >= 0.3 is 24.1 Å². The number of halogens is 2. The second-order valence-electron chi connectivity index (χ2n) is 11.3. The topological polar surface area (TPSA) is 233 Å². The molecular weight excluding hydrogens is 795 g/mol. The summed E-state index contributed by atoms with van der Waals surface area (Å²) in [6.07, 6.45) is 0. The minimum atomic E-state index is -4.45. The van der Waals surface area contributed by atoms with E-state index < -0.39 is 44.2 Å². The average Bonchev–Trinajstić information content (AvgIpc) is 3.10. The van der Waals surface area contributed by atoms with Gasteiger partial charge in [0, 0.05) is 44.2 Å². The molecule has 0 bridgehead atoms. The molecule has 8 N–H and O–H groups in total. The Morgan fingerprint density at radius 3 is 1.13 bits per heavy atom. The Kier molecular flexibility index (Phi) is 12.5. The number of anilines is 6. The predicted octanol–water partition coefficient (Wildman–Crippen LogP) is 7.61. The maximum absolute atomic E-state index is 13.0. The van der Waals surface area contributed by atoms with E-state index in [1.54, 1.807) is 36.4 Å². The summed E-state index contributed by atoms with van der Waals surface area (Å²) in [6, 6.07) is 23.7. The Balaban J connectivity index is 1.17. The monoisotopic (exact) mass is 824 g/mol. The fourth-order valence-electron chi connectivity index (χ4n) is 4.77. The number of carbonyl (C=O) groups is 4. The summed E-state index contributed by atoms with van der Waals surface area (Å²) in [6.45, 7) is 1.49. The molecule has 0 atom stereocenters. The molecule has 16 nitrogen and oxygen atoms in total. The molecule has 0 spiro atoms. The first kappa shape index (κ1) is 39.9. The molecule has 20 heteroatoms. The molecule has 284 valence electrons. The molecule has 0 aliphatic rings. The van der Waals surface area contributed by atoms with Crippen LogP contribution in [0.3, 0.4) is 0 Å². The van der Waals surface area contributed by atoms with Crippen molar-refractivity contribution in [2.24, 2.45) is 0 Å². The van der Waals surface area contributed by atoms with Crippen molar-refractivity contribution in [2.75, 3.05) is 31.9 Å². The van der Waals surface area contributed by atoms with Crippen LogP contribution in [0, 0.1) is 6.92 Å². The predicted molar refractivity (Wildman–Crippen MR) is 211 cm³/mol. The van der Waals surface area contributed by atoms with Gasteiger partial charge in [-0.25, -0.2) is 45.5 Å². The number of benzene rings is 5. The number of nitrogens with one attached hydrogen (secondary N) is 8. The third-order valence-corrected chi connectivity index (χ3v) is 10.4. The largest absolute Gasteiger partial charge is 0.333 e. The van der Waals surface area contributed by atoms with E-state index in [0.717, 1.165) is 12.1 Å². The number of sulfonamides is 2. The minimum Gasteiger partial charge on any atom is -0.308 e. The van der Waals surface area contributed by atoms with Gasteiger partial charge in [0.1, 0.15) is 0 Å². The van der Waals surface area contributed by atoms with E-state index in [2.05, 4.69) is 31.9 Å². The molecule has 55 heavy (non-hydrogen) atoms. The van der Waals surface area contributed by atoms with Gasteiger partial charge in [-0.3, -0.25) is 0 Å². The first-order chi connectivity index (χ1) is 26.1. The molecular formula is C35H30Cl2N8O8S2. The Bertz CT molecular complexity index is 2350. The Hall–Kier alpha value is -6.34. The van der Waals surface area contributed by atoms with Crippen LogP contribution in [0.1, 0.15) is 5.56 Å². The maximum atomic E-state index is 13.0. The molecule has 0 fully saturated rings. The van der Waals surface area contributed by atoms with Gasteiger partial charge in [-0.15, -0.1) is 0 Å². The first-order valence-electron chi connectivity index (χ1n) is 15.7. The first-order valence-corrected chi connectivity index (χ1v) is 19.4. The molecule has 5 aromatic carbocycles. The average molecular weight is 826 g/mol. The van der Waals surface area contributed by atoms with Crippen molar-refractivity contribution in [3.05, 3.63) is 131 Å². The van der Waals surface area contributed by atoms with Gasteiger partial charge in [-0.2, -0.15) is 0 Å². The lowest BCUT2D eigenvalue weighted by molar-refractivity contribution is 0.255. The zero-order valence-corrected chi connectivity index (χ0v) is 31.5. The van der Waals surface area contributed by atoms with E-state index in [9.17, 15) is 36.0 Å². The molecule has 5 rings (SSSR count). The van der Waals surface area contributed by atoms with Crippen LogP contribution in [0.5, 0.6) is 0 Å². The van der Waals surface area contributed by atoms with Gasteiger partial charge in [-0.05, 0) is 97.4 Å². The smallest absolute Gasteiger partial charge is 0.308 e. The fourth-order valence-corrected chi connectivity index (χ4v) is 7.05. The highest BCUT2D eigenvalue weighted by molar-refractivity contribution is 7.90. The maximum Gasteiger partial charge on any atom is 0.333 e. The SMILES string of the molecule is Cc1c(NC(=O)NS(=O)(=O)c2cccc(NC(=O)Nc3cccc(Cl)c3)c2)cccc1NC(=O)NS(=O)(=O)c1cccc(NC(=O)Nc2cccc(Cl)c2)c1. The molecule has 5 aromatic rings. The van der Waals surface area contributed by atoms with Crippen LogP contribution in [-0.4, -0.2) is 41.0 Å². The zero-order valence-electron chi connectivity index (χ0n) is 28.3. The van der Waals surface area contributed by atoms with Gasteiger partial charge < -0.3 is 31.9 Å². The van der Waals surface area contributed by atoms with Crippen LogP contribution >= 0.6 is 23.2 Å². The van der Waals surface area contributed by atoms with Gasteiger partial charge in [-0.1, -0.05) is 53.5 Å². The fraction of sp³-hybridized carbons (Fsp3) is 0.0286. The third-order valence-electron chi connectivity index (χ3n) is 7.25. The van der Waals surface area contributed by atoms with Crippen molar-refractivity contribution in [3.63, 3.8) is 0 Å². The highest BCUT2D eigenvalue weighted by Gasteiger charge is 2.22. The molecule has 0 unspecified atom stereocenters. The normalized spacial score (nSPS) is 11.0. The van der Waals surface area contributed by atoms with Crippen molar-refractivity contribution >= 4 is 101 Å². The second kappa shape index (κ2) is 17.2. The van der Waals surface area contributed by atoms with Crippen LogP contribution in [0.2, 0.25) is 10.0 Å². The van der Waals surface area contributed by atoms with Crippen LogP contribution in [0.15, 0.2) is 125 Å². The summed E-state index contributed by atoms with van der Waals surface area (Å²) in [5.74, 6) is 0. The van der Waals surface area contributed by atoms with E-state index in [-0.39, 0.29) is 38.1 Å². The van der Waals surface area contributed by atoms with Crippen molar-refractivity contribution in [1.29, 1.82) is 0 Å². The lowest BCUT2D eigenvalue weighted by Gasteiger charge is -2.15. The van der Waals surface area contributed by atoms with E-state index in [1.807, 2.05) is 9.44 Å². The van der Waals surface area contributed by atoms with Crippen molar-refractivity contribution < 1.29 is 36.0 Å². The van der Waals surface area contributed by atoms with Crippen molar-refractivity contribution in [1.82, 2.24) is 9.44 Å². The minimum absolute atomic E-state index is 0.0799. The summed E-state index contributed by atoms with van der Waals surface area (Å²) >= 11 is 11.9. The number of carbonyl (C=O) groups excluding carboxylic acids is 4. The number of urea groups is 4. The zero-order chi connectivity index (χ0) is 39.8. The van der Waals surface area contributed by atoms with E-state index in [0.29, 0.717) is 21.4 Å². The molecule has 8 amide bonds. The standard InChI is InChI=1S/C35H30Cl2N8O8S2/c1-21-30(42-34(48)44-54(50,51)28-13-4-11-26(19-28)40-32(46)38-24-9-2-7-22(36)17-24)15-6-16-31(21)43-35(49)45-55(52,53)29-14-5-12-27(20-29)41-33(47)39-25-10-3-8-23(37)18-25/h2-20H,1H3,(H2,38,40,46)(H2,39,41,47)(H2,42,44,48)(H2,43,45,49). The quantitative estimate of drug-likeness (QED) is 0.0696. The number of rotatable bonds is 10. The van der Waals surface area contributed by atoms with Crippen LogP contribution in [0.25, 0.3) is 0 Å². The summed E-state index contributed by atoms with van der Waals surface area (Å²) in [5.41, 5.74) is 1.44. The van der Waals surface area contributed by atoms with Crippen molar-refractivity contribution in [3.8, 4) is 0 Å². The Morgan fingerprint density at radius 2 is 0.764 bits per heavy atom. The molecule has 0 aliphatic heterocycles. The number of amides is 8. The number of hydrogen-bond acceptors (Lipinski definition) is 8.